The summed E-state index contributed by atoms with van der Waals surface area (Å²) < 4.78 is 30.6. The fraction of sp³-hybridized carbons (Fsp3) is 0.625. The fourth-order valence-electron chi connectivity index (χ4n) is 3.31. The molecule has 1 aromatic heterocycles. The lowest BCUT2D eigenvalue weighted by Gasteiger charge is -2.35. The summed E-state index contributed by atoms with van der Waals surface area (Å²) >= 11 is 0. The molecule has 126 valence electrons. The van der Waals surface area contributed by atoms with E-state index in [4.69, 9.17) is 4.74 Å². The van der Waals surface area contributed by atoms with Crippen molar-refractivity contribution in [3.63, 3.8) is 0 Å². The lowest BCUT2D eigenvalue weighted by atomic mass is 9.94. The number of morpholine rings is 1. The molecule has 1 aromatic rings. The minimum atomic E-state index is -2.51. The second-order valence-electron chi connectivity index (χ2n) is 6.08. The maximum Gasteiger partial charge on any atom is 0.261 e. The van der Waals surface area contributed by atoms with Crippen LogP contribution in [0.25, 0.3) is 0 Å². The molecule has 2 heterocycles. The van der Waals surface area contributed by atoms with E-state index in [1.54, 1.807) is 6.07 Å². The smallest absolute Gasteiger partial charge is 0.261 e. The van der Waals surface area contributed by atoms with E-state index in [1.165, 1.54) is 4.90 Å². The number of carbonyl (C=O) groups excluding carboxylic acids is 1. The van der Waals surface area contributed by atoms with E-state index in [2.05, 4.69) is 4.98 Å². The zero-order valence-corrected chi connectivity index (χ0v) is 12.8. The van der Waals surface area contributed by atoms with Crippen molar-refractivity contribution in [1.82, 2.24) is 9.88 Å². The van der Waals surface area contributed by atoms with Crippen LogP contribution < -0.4 is 5.56 Å². The highest BCUT2D eigenvalue weighted by atomic mass is 19.3. The predicted molar refractivity (Wildman–Crippen MR) is 80.0 cm³/mol. The minimum absolute atomic E-state index is 0.0480. The molecule has 1 saturated heterocycles. The summed E-state index contributed by atoms with van der Waals surface area (Å²) in [5.41, 5.74) is 1.49. The van der Waals surface area contributed by atoms with Crippen LogP contribution in [0.3, 0.4) is 0 Å². The van der Waals surface area contributed by atoms with Crippen LogP contribution in [-0.2, 0) is 17.6 Å². The topological polar surface area (TPSA) is 62.4 Å². The van der Waals surface area contributed by atoms with Gasteiger partial charge in [0.2, 0.25) is 6.43 Å². The van der Waals surface area contributed by atoms with Crippen molar-refractivity contribution in [2.75, 3.05) is 19.8 Å². The number of hydrogen-bond acceptors (Lipinski definition) is 3. The van der Waals surface area contributed by atoms with Gasteiger partial charge < -0.3 is 14.6 Å². The van der Waals surface area contributed by atoms with Crippen molar-refractivity contribution in [2.45, 2.75) is 44.6 Å². The number of hydrogen-bond donors (Lipinski definition) is 1. The molecule has 1 N–H and O–H groups in total. The number of aryl methyl sites for hydroxylation is 2. The van der Waals surface area contributed by atoms with Gasteiger partial charge in [0.05, 0.1) is 19.3 Å². The van der Waals surface area contributed by atoms with Crippen LogP contribution >= 0.6 is 0 Å². The average Bonchev–Trinajstić information content (AvgIpc) is 2.53. The van der Waals surface area contributed by atoms with Crippen molar-refractivity contribution in [2.24, 2.45) is 0 Å². The first-order chi connectivity index (χ1) is 11.1. The standard InChI is InChI=1S/C16H20F2N2O3/c17-14(18)8-11-9-23-6-5-20(11)16(22)12-7-10-3-1-2-4-13(10)19-15(12)21/h7,11,14H,1-6,8-9H2,(H,19,21). The Labute approximate surface area is 132 Å². The lowest BCUT2D eigenvalue weighted by Crippen LogP contribution is -2.50. The van der Waals surface area contributed by atoms with Gasteiger partial charge in [-0.25, -0.2) is 8.78 Å². The summed E-state index contributed by atoms with van der Waals surface area (Å²) in [7, 11) is 0. The van der Waals surface area contributed by atoms with Gasteiger partial charge in [0.25, 0.3) is 11.5 Å². The molecule has 1 unspecified atom stereocenters. The van der Waals surface area contributed by atoms with E-state index >= 15 is 0 Å². The van der Waals surface area contributed by atoms with E-state index in [9.17, 15) is 18.4 Å². The number of carbonyl (C=O) groups is 1. The largest absolute Gasteiger partial charge is 0.377 e. The number of fused-ring (bicyclic) bond motifs is 1. The number of amides is 1. The maximum absolute atomic E-state index is 12.7. The van der Waals surface area contributed by atoms with Gasteiger partial charge >= 0.3 is 0 Å². The Hall–Kier alpha value is -1.76. The Kier molecular flexibility index (Phi) is 4.75. The third-order valence-corrected chi connectivity index (χ3v) is 4.51. The van der Waals surface area contributed by atoms with Crippen molar-refractivity contribution in [3.8, 4) is 0 Å². The first-order valence-electron chi connectivity index (χ1n) is 7.98. The number of halogens is 2. The molecule has 0 spiro atoms. The van der Waals surface area contributed by atoms with Crippen molar-refractivity contribution in [3.05, 3.63) is 33.2 Å². The van der Waals surface area contributed by atoms with Gasteiger partial charge in [0, 0.05) is 18.7 Å². The Morgan fingerprint density at radius 1 is 1.39 bits per heavy atom. The number of aromatic amines is 1. The first kappa shape index (κ1) is 16.1. The molecular weight excluding hydrogens is 306 g/mol. The van der Waals surface area contributed by atoms with Crippen LogP contribution in [0.5, 0.6) is 0 Å². The number of pyridine rings is 1. The third-order valence-electron chi connectivity index (χ3n) is 4.51. The molecular formula is C16H20F2N2O3. The van der Waals surface area contributed by atoms with Crippen LogP contribution in [-0.4, -0.2) is 48.0 Å². The molecule has 1 fully saturated rings. The summed E-state index contributed by atoms with van der Waals surface area (Å²) in [4.78, 5) is 29.1. The lowest BCUT2D eigenvalue weighted by molar-refractivity contribution is -0.0216. The SMILES string of the molecule is O=C(c1cc2c([nH]c1=O)CCCC2)N1CCOCC1CC(F)F. The third kappa shape index (κ3) is 3.44. The van der Waals surface area contributed by atoms with E-state index in [1.807, 2.05) is 0 Å². The number of aromatic nitrogens is 1. The molecule has 5 nitrogen and oxygen atoms in total. The van der Waals surface area contributed by atoms with Crippen molar-refractivity contribution < 1.29 is 18.3 Å². The summed E-state index contributed by atoms with van der Waals surface area (Å²) in [5.74, 6) is -0.478. The van der Waals surface area contributed by atoms with E-state index in [0.717, 1.165) is 36.9 Å². The molecule has 1 atom stereocenters. The highest BCUT2D eigenvalue weighted by Crippen LogP contribution is 2.21. The number of alkyl halides is 2. The molecule has 2 aliphatic rings. The van der Waals surface area contributed by atoms with Crippen molar-refractivity contribution >= 4 is 5.91 Å². The Morgan fingerprint density at radius 2 is 2.17 bits per heavy atom. The Morgan fingerprint density at radius 3 is 2.96 bits per heavy atom. The highest BCUT2D eigenvalue weighted by Gasteiger charge is 2.32. The first-order valence-corrected chi connectivity index (χ1v) is 7.98. The van der Waals surface area contributed by atoms with Gasteiger partial charge in [-0.2, -0.15) is 0 Å². The maximum atomic E-state index is 12.7. The minimum Gasteiger partial charge on any atom is -0.377 e. The predicted octanol–water partition coefficient (Wildman–Crippen LogP) is 1.75. The molecule has 1 amide bonds. The quantitative estimate of drug-likeness (QED) is 0.920. The molecule has 0 aromatic carbocycles. The second-order valence-corrected chi connectivity index (χ2v) is 6.08. The zero-order valence-electron chi connectivity index (χ0n) is 12.8. The molecule has 3 rings (SSSR count). The van der Waals surface area contributed by atoms with E-state index in [0.29, 0.717) is 6.61 Å². The average molecular weight is 326 g/mol. The van der Waals surface area contributed by atoms with Crippen LogP contribution in [0.1, 0.15) is 40.9 Å². The van der Waals surface area contributed by atoms with Gasteiger partial charge in [-0.3, -0.25) is 9.59 Å². The highest BCUT2D eigenvalue weighted by molar-refractivity contribution is 5.94. The fourth-order valence-corrected chi connectivity index (χ4v) is 3.31. The van der Waals surface area contributed by atoms with Gasteiger partial charge in [0.15, 0.2) is 0 Å². The number of rotatable bonds is 3. The number of H-pyrrole nitrogens is 1. The summed E-state index contributed by atoms with van der Waals surface area (Å²) in [6.07, 6.45) is 0.739. The molecule has 1 aliphatic carbocycles. The molecule has 1 aliphatic heterocycles. The normalized spacial score (nSPS) is 21.3. The number of ether oxygens (including phenoxy) is 1. The summed E-state index contributed by atoms with van der Waals surface area (Å²) in [6.45, 7) is 0.611. The molecule has 0 saturated carbocycles. The monoisotopic (exact) mass is 326 g/mol. The van der Waals surface area contributed by atoms with Crippen LogP contribution in [0.15, 0.2) is 10.9 Å². The van der Waals surface area contributed by atoms with Gasteiger partial charge in [-0.05, 0) is 37.3 Å². The number of nitrogens with one attached hydrogen (secondary N) is 1. The van der Waals surface area contributed by atoms with E-state index in [-0.39, 0.29) is 18.7 Å². The Balaban J connectivity index is 1.88. The summed E-state index contributed by atoms with van der Waals surface area (Å²) in [6, 6.07) is 0.955. The second kappa shape index (κ2) is 6.78. The number of nitrogens with zero attached hydrogens (tertiary/aromatic N) is 1. The zero-order chi connectivity index (χ0) is 16.4. The van der Waals surface area contributed by atoms with Gasteiger partial charge in [-0.15, -0.1) is 0 Å². The van der Waals surface area contributed by atoms with E-state index < -0.39 is 30.4 Å². The summed E-state index contributed by atoms with van der Waals surface area (Å²) in [5, 5.41) is 0. The molecule has 0 radical (unpaired) electrons. The van der Waals surface area contributed by atoms with Crippen LogP contribution in [0.4, 0.5) is 8.78 Å². The van der Waals surface area contributed by atoms with Crippen LogP contribution in [0, 0.1) is 0 Å². The van der Waals surface area contributed by atoms with Crippen LogP contribution in [0.2, 0.25) is 0 Å². The molecule has 23 heavy (non-hydrogen) atoms. The van der Waals surface area contributed by atoms with Gasteiger partial charge in [0.1, 0.15) is 5.56 Å². The van der Waals surface area contributed by atoms with Gasteiger partial charge in [-0.1, -0.05) is 0 Å². The molecule has 7 heteroatoms. The molecule has 0 bridgehead atoms. The Bertz CT molecular complexity index is 645. The van der Waals surface area contributed by atoms with Crippen molar-refractivity contribution in [1.29, 1.82) is 0 Å².